The quantitative estimate of drug-likeness (QED) is 0.671. The largest absolute Gasteiger partial charge is 0.393 e. The Balaban J connectivity index is 1.80. The molecule has 1 aliphatic carbocycles. The number of benzene rings is 1. The van der Waals surface area contributed by atoms with Crippen LogP contribution >= 0.6 is 0 Å². The molecule has 5 nitrogen and oxygen atoms in total. The third-order valence-electron chi connectivity index (χ3n) is 4.21. The highest BCUT2D eigenvalue weighted by atomic mass is 16.3. The fourth-order valence-corrected chi connectivity index (χ4v) is 2.81. The Kier molecular flexibility index (Phi) is 5.59. The van der Waals surface area contributed by atoms with Crippen LogP contribution in [-0.2, 0) is 0 Å². The van der Waals surface area contributed by atoms with Crippen LogP contribution in [0.15, 0.2) is 24.3 Å². The van der Waals surface area contributed by atoms with E-state index in [9.17, 15) is 9.90 Å². The minimum Gasteiger partial charge on any atom is -0.393 e. The summed E-state index contributed by atoms with van der Waals surface area (Å²) in [5.74, 6) is 0.659. The highest BCUT2D eigenvalue weighted by Crippen LogP contribution is 2.24. The predicted molar refractivity (Wildman–Crippen MR) is 84.0 cm³/mol. The monoisotopic (exact) mass is 291 g/mol. The maximum Gasteiger partial charge on any atom is 0.316 e. The van der Waals surface area contributed by atoms with Crippen molar-refractivity contribution in [2.45, 2.75) is 44.8 Å². The number of aliphatic hydroxyl groups excluding tert-OH is 1. The van der Waals surface area contributed by atoms with Gasteiger partial charge in [-0.2, -0.15) is 0 Å². The second-order valence-electron chi connectivity index (χ2n) is 5.92. The number of amides is 2. The Morgan fingerprint density at radius 1 is 1.29 bits per heavy atom. The maximum absolute atomic E-state index is 10.8. The average molecular weight is 291 g/mol. The smallest absolute Gasteiger partial charge is 0.316 e. The van der Waals surface area contributed by atoms with Crippen LogP contribution in [0.5, 0.6) is 0 Å². The van der Waals surface area contributed by atoms with E-state index >= 15 is 0 Å². The molecule has 5 heteroatoms. The van der Waals surface area contributed by atoms with Crippen LogP contribution in [0.4, 0.5) is 10.5 Å². The average Bonchev–Trinajstić information content (AvgIpc) is 2.46. The molecule has 0 radical (unpaired) electrons. The van der Waals surface area contributed by atoms with E-state index in [1.807, 2.05) is 24.3 Å². The van der Waals surface area contributed by atoms with Gasteiger partial charge in [0.15, 0.2) is 0 Å². The first kappa shape index (κ1) is 15.8. The zero-order chi connectivity index (χ0) is 15.2. The molecule has 116 valence electrons. The van der Waals surface area contributed by atoms with Gasteiger partial charge in [-0.15, -0.1) is 0 Å². The van der Waals surface area contributed by atoms with Crippen molar-refractivity contribution in [3.05, 3.63) is 29.8 Å². The number of hydrogen-bond acceptors (Lipinski definition) is 3. The first-order valence-corrected chi connectivity index (χ1v) is 7.62. The molecule has 0 bridgehead atoms. The van der Waals surface area contributed by atoms with E-state index in [2.05, 4.69) is 17.6 Å². The van der Waals surface area contributed by atoms with Gasteiger partial charge in [-0.05, 0) is 62.8 Å². The molecule has 1 fully saturated rings. The van der Waals surface area contributed by atoms with Crippen LogP contribution < -0.4 is 16.4 Å². The summed E-state index contributed by atoms with van der Waals surface area (Å²) in [5, 5.41) is 15.6. The summed E-state index contributed by atoms with van der Waals surface area (Å²) >= 11 is 0. The lowest BCUT2D eigenvalue weighted by atomic mass is 9.87. The lowest BCUT2D eigenvalue weighted by molar-refractivity contribution is 0.108. The fraction of sp³-hybridized carbons (Fsp3) is 0.562. The topological polar surface area (TPSA) is 87.4 Å². The molecule has 2 rings (SSSR count). The molecule has 1 aromatic carbocycles. The van der Waals surface area contributed by atoms with E-state index in [-0.39, 0.29) is 12.1 Å². The summed E-state index contributed by atoms with van der Waals surface area (Å²) in [6.45, 7) is 3.11. The predicted octanol–water partition coefficient (Wildman–Crippen LogP) is 2.38. The van der Waals surface area contributed by atoms with Crippen LogP contribution in [0, 0.1) is 5.92 Å². The second kappa shape index (κ2) is 7.43. The van der Waals surface area contributed by atoms with Crippen molar-refractivity contribution in [1.29, 1.82) is 0 Å². The number of rotatable bonds is 5. The molecule has 5 N–H and O–H groups in total. The lowest BCUT2D eigenvalue weighted by Gasteiger charge is -2.27. The molecule has 1 aliphatic rings. The number of carbonyl (C=O) groups excluding carboxylic acids is 1. The summed E-state index contributed by atoms with van der Waals surface area (Å²) in [6, 6.07) is 7.42. The van der Waals surface area contributed by atoms with Gasteiger partial charge in [0.2, 0.25) is 0 Å². The van der Waals surface area contributed by atoms with Gasteiger partial charge in [0.05, 0.1) is 6.10 Å². The SMILES string of the molecule is CC(NCC1CCC(O)CC1)c1ccc(NC(N)=O)cc1. The zero-order valence-corrected chi connectivity index (χ0v) is 12.5. The van der Waals surface area contributed by atoms with Crippen LogP contribution in [0.2, 0.25) is 0 Å². The minimum atomic E-state index is -0.548. The van der Waals surface area contributed by atoms with Gasteiger partial charge in [0, 0.05) is 11.7 Å². The van der Waals surface area contributed by atoms with Gasteiger partial charge in [0.1, 0.15) is 0 Å². The van der Waals surface area contributed by atoms with Crippen molar-refractivity contribution in [1.82, 2.24) is 5.32 Å². The number of carbonyl (C=O) groups is 1. The lowest BCUT2D eigenvalue weighted by Crippen LogP contribution is -2.29. The van der Waals surface area contributed by atoms with Gasteiger partial charge >= 0.3 is 6.03 Å². The molecule has 0 heterocycles. The molecule has 0 aliphatic heterocycles. The number of nitrogens with two attached hydrogens (primary N) is 1. The molecule has 21 heavy (non-hydrogen) atoms. The Morgan fingerprint density at radius 3 is 2.48 bits per heavy atom. The summed E-state index contributed by atoms with van der Waals surface area (Å²) in [5.41, 5.74) is 6.97. The van der Waals surface area contributed by atoms with Gasteiger partial charge in [0.25, 0.3) is 0 Å². The highest BCUT2D eigenvalue weighted by Gasteiger charge is 2.19. The second-order valence-corrected chi connectivity index (χ2v) is 5.92. The number of aliphatic hydroxyl groups is 1. The van der Waals surface area contributed by atoms with Crippen molar-refractivity contribution in [3.8, 4) is 0 Å². The molecule has 1 aromatic rings. The van der Waals surface area contributed by atoms with E-state index < -0.39 is 6.03 Å². The maximum atomic E-state index is 10.8. The number of urea groups is 1. The van der Waals surface area contributed by atoms with Crippen molar-refractivity contribution >= 4 is 11.7 Å². The number of anilines is 1. The fourth-order valence-electron chi connectivity index (χ4n) is 2.81. The number of nitrogens with one attached hydrogen (secondary N) is 2. The Hall–Kier alpha value is -1.59. The molecular weight excluding hydrogens is 266 g/mol. The molecule has 0 aromatic heterocycles. The van der Waals surface area contributed by atoms with E-state index in [1.165, 1.54) is 5.56 Å². The Labute approximate surface area is 125 Å². The summed E-state index contributed by atoms with van der Waals surface area (Å²) in [4.78, 5) is 10.8. The first-order chi connectivity index (χ1) is 10.0. The molecule has 1 unspecified atom stereocenters. The van der Waals surface area contributed by atoms with E-state index in [1.54, 1.807) is 0 Å². The van der Waals surface area contributed by atoms with Crippen LogP contribution in [0.25, 0.3) is 0 Å². The molecule has 0 saturated heterocycles. The molecule has 1 atom stereocenters. The summed E-state index contributed by atoms with van der Waals surface area (Å²) in [7, 11) is 0. The number of primary amides is 1. The van der Waals surface area contributed by atoms with Crippen LogP contribution in [0.3, 0.4) is 0 Å². The van der Waals surface area contributed by atoms with Crippen molar-refractivity contribution in [2.24, 2.45) is 11.7 Å². The molecule has 0 spiro atoms. The third-order valence-corrected chi connectivity index (χ3v) is 4.21. The van der Waals surface area contributed by atoms with Crippen LogP contribution in [0.1, 0.15) is 44.2 Å². The van der Waals surface area contributed by atoms with Crippen molar-refractivity contribution in [2.75, 3.05) is 11.9 Å². The molecule has 2 amide bonds. The summed E-state index contributed by atoms with van der Waals surface area (Å²) in [6.07, 6.45) is 3.96. The van der Waals surface area contributed by atoms with Gasteiger partial charge in [-0.25, -0.2) is 4.79 Å². The molecule has 1 saturated carbocycles. The summed E-state index contributed by atoms with van der Waals surface area (Å²) < 4.78 is 0. The van der Waals surface area contributed by atoms with E-state index in [0.717, 1.165) is 32.2 Å². The Morgan fingerprint density at radius 2 is 1.90 bits per heavy atom. The highest BCUT2D eigenvalue weighted by molar-refractivity contribution is 5.87. The van der Waals surface area contributed by atoms with Gasteiger partial charge in [-0.1, -0.05) is 12.1 Å². The van der Waals surface area contributed by atoms with Crippen LogP contribution in [-0.4, -0.2) is 23.8 Å². The third kappa shape index (κ3) is 5.02. The zero-order valence-electron chi connectivity index (χ0n) is 12.5. The van der Waals surface area contributed by atoms with E-state index in [4.69, 9.17) is 5.73 Å². The van der Waals surface area contributed by atoms with Gasteiger partial charge in [-0.3, -0.25) is 0 Å². The van der Waals surface area contributed by atoms with E-state index in [0.29, 0.717) is 11.6 Å². The first-order valence-electron chi connectivity index (χ1n) is 7.62. The van der Waals surface area contributed by atoms with Crippen molar-refractivity contribution < 1.29 is 9.90 Å². The normalized spacial score (nSPS) is 23.5. The standard InChI is InChI=1S/C16H25N3O2/c1-11(18-10-12-2-8-15(20)9-3-12)13-4-6-14(7-5-13)19-16(17)21/h4-7,11-12,15,18,20H,2-3,8-10H2,1H3,(H3,17,19,21). The van der Waals surface area contributed by atoms with Crippen molar-refractivity contribution in [3.63, 3.8) is 0 Å². The minimum absolute atomic E-state index is 0.0935. The Bertz CT molecular complexity index is 453. The number of hydrogen-bond donors (Lipinski definition) is 4. The molecular formula is C16H25N3O2. The van der Waals surface area contributed by atoms with Gasteiger partial charge < -0.3 is 21.5 Å².